The summed E-state index contributed by atoms with van der Waals surface area (Å²) < 4.78 is 23.7. The summed E-state index contributed by atoms with van der Waals surface area (Å²) in [6.07, 6.45) is 86.2. The predicted octanol–water partition coefficient (Wildman–Crippen LogP) is 19.7. The zero-order valence-electron chi connectivity index (χ0n) is 50.4. The van der Waals surface area contributed by atoms with Crippen LogP contribution in [0.15, 0.2) is 122 Å². The van der Waals surface area contributed by atoms with E-state index in [1.54, 1.807) is 6.08 Å². The van der Waals surface area contributed by atoms with E-state index in [0.717, 1.165) is 89.9 Å². The summed E-state index contributed by atoms with van der Waals surface area (Å²) in [5.41, 5.74) is 0. The molecule has 0 aliphatic heterocycles. The number of amides is 1. The molecular weight excluding hydrogens is 972 g/mol. The molecule has 77 heavy (non-hydrogen) atoms. The van der Waals surface area contributed by atoms with Crippen LogP contribution >= 0.6 is 7.82 Å². The molecule has 0 bridgehead atoms. The zero-order chi connectivity index (χ0) is 56.3. The van der Waals surface area contributed by atoms with E-state index < -0.39 is 20.0 Å². The molecule has 0 aliphatic carbocycles. The first-order valence-corrected chi connectivity index (χ1v) is 32.9. The standard InChI is InChI=1S/C68H119N2O6P/c1-6-8-10-12-14-16-18-20-22-23-24-25-26-27-28-29-30-31-32-33-34-35-36-37-38-39-40-41-42-43-44-45-46-47-48-50-52-54-56-58-60-62-68(72)69-66(65-76-77(73,74)75-64-63-70(3,4)5)67(71)61-59-57-55-53-51-49-21-19-17-15-13-11-9-7-2/h8,10,14,16-17,19-20,22,24-25,27-28,30-31,33-34,51,53,59,61,66-67,71H,6-7,9,11-13,15,18,21,23,26,29,32,35-50,52,54-58,60,62-65H2,1-5H3,(H-,69,72,73,74)/p+1/b10-8-,16-14-,19-17+,22-20-,25-24-,28-27-,31-30-,34-33-,53-51+,61-59+. The van der Waals surface area contributed by atoms with E-state index in [1.165, 1.54) is 141 Å². The fourth-order valence-corrected chi connectivity index (χ4v) is 9.26. The maximum atomic E-state index is 13.0. The lowest BCUT2D eigenvalue weighted by Gasteiger charge is -2.25. The number of aliphatic hydroxyl groups excluding tert-OH is 1. The third-order valence-corrected chi connectivity index (χ3v) is 14.4. The second kappa shape index (κ2) is 57.6. The number of hydrogen-bond donors (Lipinski definition) is 3. The molecule has 8 nitrogen and oxygen atoms in total. The van der Waals surface area contributed by atoms with Crippen LogP contribution in [0.1, 0.15) is 251 Å². The molecule has 0 radical (unpaired) electrons. The van der Waals surface area contributed by atoms with Gasteiger partial charge in [0.1, 0.15) is 13.2 Å². The highest BCUT2D eigenvalue weighted by Crippen LogP contribution is 2.43. The lowest BCUT2D eigenvalue weighted by Crippen LogP contribution is -2.45. The van der Waals surface area contributed by atoms with Gasteiger partial charge in [0, 0.05) is 6.42 Å². The third kappa shape index (κ3) is 60.4. The molecule has 3 atom stereocenters. The molecule has 0 saturated heterocycles. The molecule has 0 spiro atoms. The molecular formula is C68H120N2O6P+. The van der Waals surface area contributed by atoms with Crippen LogP contribution in [0.2, 0.25) is 0 Å². The summed E-state index contributed by atoms with van der Waals surface area (Å²) in [7, 11) is 1.54. The highest BCUT2D eigenvalue weighted by atomic mass is 31.2. The lowest BCUT2D eigenvalue weighted by atomic mass is 10.0. The molecule has 0 saturated carbocycles. The predicted molar refractivity (Wildman–Crippen MR) is 336 cm³/mol. The Morgan fingerprint density at radius 2 is 0.792 bits per heavy atom. The van der Waals surface area contributed by atoms with Crippen LogP contribution in [0.5, 0.6) is 0 Å². The summed E-state index contributed by atoms with van der Waals surface area (Å²) in [5, 5.41) is 13.9. The summed E-state index contributed by atoms with van der Waals surface area (Å²) in [4.78, 5) is 23.3. The van der Waals surface area contributed by atoms with Crippen molar-refractivity contribution in [3.05, 3.63) is 122 Å². The van der Waals surface area contributed by atoms with Crippen LogP contribution in [-0.2, 0) is 18.4 Å². The minimum Gasteiger partial charge on any atom is -0.387 e. The third-order valence-electron chi connectivity index (χ3n) is 13.4. The molecule has 0 aromatic carbocycles. The first-order chi connectivity index (χ1) is 37.5. The molecule has 0 aromatic heterocycles. The number of nitrogens with zero attached hydrogens (tertiary/aromatic N) is 1. The average Bonchev–Trinajstić information content (AvgIpc) is 3.39. The van der Waals surface area contributed by atoms with E-state index in [0.29, 0.717) is 17.4 Å². The normalized spacial score (nSPS) is 14.6. The van der Waals surface area contributed by atoms with E-state index in [4.69, 9.17) is 9.05 Å². The second-order valence-corrected chi connectivity index (χ2v) is 23.5. The number of phosphoric acid groups is 1. The summed E-state index contributed by atoms with van der Waals surface area (Å²) in [5.74, 6) is -0.193. The van der Waals surface area contributed by atoms with Gasteiger partial charge in [0.2, 0.25) is 5.91 Å². The van der Waals surface area contributed by atoms with Crippen molar-refractivity contribution in [1.29, 1.82) is 0 Å². The van der Waals surface area contributed by atoms with Gasteiger partial charge in [0.15, 0.2) is 0 Å². The maximum absolute atomic E-state index is 13.0. The minimum atomic E-state index is -4.36. The summed E-state index contributed by atoms with van der Waals surface area (Å²) in [6.45, 7) is 4.64. The van der Waals surface area contributed by atoms with Crippen molar-refractivity contribution in [3.63, 3.8) is 0 Å². The monoisotopic (exact) mass is 1090 g/mol. The Labute approximate surface area is 475 Å². The van der Waals surface area contributed by atoms with E-state index in [-0.39, 0.29) is 19.1 Å². The highest BCUT2D eigenvalue weighted by Gasteiger charge is 2.27. The molecule has 0 fully saturated rings. The van der Waals surface area contributed by atoms with E-state index >= 15 is 0 Å². The second-order valence-electron chi connectivity index (χ2n) is 22.0. The van der Waals surface area contributed by atoms with Crippen molar-refractivity contribution >= 4 is 13.7 Å². The Morgan fingerprint density at radius 3 is 1.19 bits per heavy atom. The number of nitrogens with one attached hydrogen (secondary N) is 1. The smallest absolute Gasteiger partial charge is 0.387 e. The van der Waals surface area contributed by atoms with Crippen LogP contribution < -0.4 is 5.32 Å². The molecule has 0 heterocycles. The highest BCUT2D eigenvalue weighted by molar-refractivity contribution is 7.47. The van der Waals surface area contributed by atoms with Crippen molar-refractivity contribution in [2.75, 3.05) is 40.9 Å². The van der Waals surface area contributed by atoms with Crippen LogP contribution in [0.4, 0.5) is 0 Å². The number of phosphoric ester groups is 1. The topological polar surface area (TPSA) is 105 Å². The van der Waals surface area contributed by atoms with E-state index in [1.807, 2.05) is 27.2 Å². The maximum Gasteiger partial charge on any atom is 0.472 e. The minimum absolute atomic E-state index is 0.0502. The Balaban J connectivity index is 3.98. The summed E-state index contributed by atoms with van der Waals surface area (Å²) in [6, 6.07) is -0.874. The van der Waals surface area contributed by atoms with Crippen molar-refractivity contribution < 1.29 is 32.9 Å². The van der Waals surface area contributed by atoms with Gasteiger partial charge in [-0.1, -0.05) is 264 Å². The van der Waals surface area contributed by atoms with Crippen molar-refractivity contribution in [2.24, 2.45) is 0 Å². The number of allylic oxidation sites excluding steroid dienone is 19. The van der Waals surface area contributed by atoms with Gasteiger partial charge in [-0.25, -0.2) is 4.57 Å². The molecule has 3 unspecified atom stereocenters. The van der Waals surface area contributed by atoms with Crippen molar-refractivity contribution in [2.45, 2.75) is 264 Å². The molecule has 0 aliphatic rings. The van der Waals surface area contributed by atoms with Crippen molar-refractivity contribution in [1.82, 2.24) is 5.32 Å². The molecule has 9 heteroatoms. The number of unbranched alkanes of at least 4 members (excludes halogenated alkanes) is 25. The quantitative estimate of drug-likeness (QED) is 0.0243. The van der Waals surface area contributed by atoms with Crippen LogP contribution in [0.25, 0.3) is 0 Å². The number of quaternary nitrogens is 1. The van der Waals surface area contributed by atoms with Gasteiger partial charge in [-0.2, -0.15) is 0 Å². The first-order valence-electron chi connectivity index (χ1n) is 31.4. The number of hydrogen-bond acceptors (Lipinski definition) is 5. The fraction of sp³-hybridized carbons (Fsp3) is 0.691. The average molecular weight is 1090 g/mol. The Bertz CT molecular complexity index is 1670. The summed E-state index contributed by atoms with van der Waals surface area (Å²) >= 11 is 0. The van der Waals surface area contributed by atoms with Gasteiger partial charge in [-0.15, -0.1) is 0 Å². The van der Waals surface area contributed by atoms with Crippen LogP contribution in [-0.4, -0.2) is 73.4 Å². The van der Waals surface area contributed by atoms with E-state index in [9.17, 15) is 19.4 Å². The van der Waals surface area contributed by atoms with Crippen molar-refractivity contribution in [3.8, 4) is 0 Å². The number of likely N-dealkylation sites (N-methyl/N-ethyl adjacent to an activating group) is 1. The number of carbonyl (C=O) groups is 1. The Morgan fingerprint density at radius 1 is 0.455 bits per heavy atom. The Hall–Kier alpha value is -3.10. The number of aliphatic hydroxyl groups is 1. The Kier molecular flexibility index (Phi) is 55.3. The lowest BCUT2D eigenvalue weighted by molar-refractivity contribution is -0.870. The van der Waals surface area contributed by atoms with Gasteiger partial charge in [0.25, 0.3) is 0 Å². The molecule has 0 rings (SSSR count). The van der Waals surface area contributed by atoms with Gasteiger partial charge in [-0.3, -0.25) is 13.8 Å². The first kappa shape index (κ1) is 73.9. The van der Waals surface area contributed by atoms with Crippen LogP contribution in [0.3, 0.4) is 0 Å². The van der Waals surface area contributed by atoms with Gasteiger partial charge in [0.05, 0.1) is 39.9 Å². The largest absolute Gasteiger partial charge is 0.472 e. The SMILES string of the molecule is CC/C=C\C/C=C\C/C=C\C/C=C\C/C=C\C/C=C\C/C=C\CCCCCCCCCCCCCCCCCCCCCC(=O)NC(COP(=O)(O)OCC[N+](C)(C)C)C(O)/C=C/CC/C=C/CC/C=C/CCCCCC. The number of rotatable bonds is 56. The molecule has 3 N–H and O–H groups in total. The van der Waals surface area contributed by atoms with Gasteiger partial charge in [-0.05, 0) is 103 Å². The van der Waals surface area contributed by atoms with Crippen LogP contribution in [0, 0.1) is 0 Å². The van der Waals surface area contributed by atoms with Gasteiger partial charge >= 0.3 is 7.82 Å². The molecule has 0 aromatic rings. The number of carbonyl (C=O) groups excluding carboxylic acids is 1. The molecule has 442 valence electrons. The zero-order valence-corrected chi connectivity index (χ0v) is 51.3. The fourth-order valence-electron chi connectivity index (χ4n) is 8.53. The van der Waals surface area contributed by atoms with Gasteiger partial charge < -0.3 is 19.8 Å². The van der Waals surface area contributed by atoms with E-state index in [2.05, 4.69) is 129 Å². The molecule has 1 amide bonds.